The zero-order valence-electron chi connectivity index (χ0n) is 11.5. The number of nitrogens with one attached hydrogen (secondary N) is 1. The summed E-state index contributed by atoms with van der Waals surface area (Å²) < 4.78 is 0. The molecule has 0 aliphatic carbocycles. The minimum Gasteiger partial charge on any atom is -0.352 e. The van der Waals surface area contributed by atoms with Crippen molar-refractivity contribution in [3.05, 3.63) is 16.6 Å². The molecule has 0 spiro atoms. The third-order valence-corrected chi connectivity index (χ3v) is 5.10. The molecular formula is C14H21N3OS. The summed E-state index contributed by atoms with van der Waals surface area (Å²) in [4.78, 5) is 18.8. The summed E-state index contributed by atoms with van der Waals surface area (Å²) in [6.07, 6.45) is 5.45. The van der Waals surface area contributed by atoms with Crippen LogP contribution in [0.4, 0.5) is 0 Å². The van der Waals surface area contributed by atoms with Gasteiger partial charge in [0.2, 0.25) is 5.91 Å². The second-order valence-corrected chi connectivity index (χ2v) is 6.88. The van der Waals surface area contributed by atoms with E-state index >= 15 is 0 Å². The minimum atomic E-state index is 0.0755. The van der Waals surface area contributed by atoms with Crippen molar-refractivity contribution in [2.45, 2.75) is 57.8 Å². The summed E-state index contributed by atoms with van der Waals surface area (Å²) in [6.45, 7) is 4.85. The first-order valence-corrected chi connectivity index (χ1v) is 7.97. The van der Waals surface area contributed by atoms with Crippen LogP contribution in [0.5, 0.6) is 0 Å². The van der Waals surface area contributed by atoms with E-state index in [4.69, 9.17) is 0 Å². The summed E-state index contributed by atoms with van der Waals surface area (Å²) in [5.41, 5.74) is 0. The molecule has 3 rings (SSSR count). The highest BCUT2D eigenvalue weighted by molar-refractivity contribution is 7.09. The van der Waals surface area contributed by atoms with Crippen LogP contribution in [-0.4, -0.2) is 33.9 Å². The van der Waals surface area contributed by atoms with E-state index in [1.807, 2.05) is 25.4 Å². The van der Waals surface area contributed by atoms with Gasteiger partial charge in [0, 0.05) is 35.6 Å². The molecule has 0 aromatic carbocycles. The van der Waals surface area contributed by atoms with Crippen LogP contribution in [0.3, 0.4) is 0 Å². The summed E-state index contributed by atoms with van der Waals surface area (Å²) in [7, 11) is 0. The molecule has 0 radical (unpaired) electrons. The molecule has 1 amide bonds. The largest absolute Gasteiger partial charge is 0.352 e. The highest BCUT2D eigenvalue weighted by Crippen LogP contribution is 2.39. The van der Waals surface area contributed by atoms with Gasteiger partial charge >= 0.3 is 0 Å². The summed E-state index contributed by atoms with van der Waals surface area (Å²) in [5, 5.41) is 6.44. The number of fused-ring (bicyclic) bond motifs is 2. The Balaban J connectivity index is 1.64. The van der Waals surface area contributed by atoms with Crippen LogP contribution in [0.1, 0.15) is 38.1 Å². The molecule has 2 unspecified atom stereocenters. The maximum absolute atomic E-state index is 11.9. The molecule has 104 valence electrons. The second kappa shape index (κ2) is 5.21. The van der Waals surface area contributed by atoms with Crippen LogP contribution >= 0.6 is 11.3 Å². The molecule has 2 aliphatic rings. The van der Waals surface area contributed by atoms with Gasteiger partial charge in [-0.3, -0.25) is 9.69 Å². The number of nitrogens with zero attached hydrogens (tertiary/aromatic N) is 2. The van der Waals surface area contributed by atoms with Gasteiger partial charge in [0.1, 0.15) is 5.01 Å². The topological polar surface area (TPSA) is 45.2 Å². The first kappa shape index (κ1) is 13.1. The van der Waals surface area contributed by atoms with E-state index in [-0.39, 0.29) is 11.8 Å². The molecule has 1 aromatic rings. The summed E-state index contributed by atoms with van der Waals surface area (Å²) in [5.74, 6) is 0.262. The van der Waals surface area contributed by atoms with Gasteiger partial charge in [0.05, 0.1) is 6.54 Å². The van der Waals surface area contributed by atoms with Gasteiger partial charge in [0.15, 0.2) is 0 Å². The number of carbonyl (C=O) groups excluding carboxylic acids is 1. The van der Waals surface area contributed by atoms with E-state index in [0.717, 1.165) is 13.0 Å². The second-order valence-electron chi connectivity index (χ2n) is 5.90. The SMILES string of the molecule is CC(C)C(=O)N[C@@H]1CC2CCC1N2Cc1nccs1. The van der Waals surface area contributed by atoms with Gasteiger partial charge in [0.25, 0.3) is 0 Å². The lowest BCUT2D eigenvalue weighted by atomic mass is 9.95. The predicted molar refractivity (Wildman–Crippen MR) is 75.9 cm³/mol. The van der Waals surface area contributed by atoms with Crippen molar-refractivity contribution in [1.82, 2.24) is 15.2 Å². The Hall–Kier alpha value is -0.940. The van der Waals surface area contributed by atoms with Gasteiger partial charge < -0.3 is 5.32 Å². The number of rotatable bonds is 4. The molecule has 4 nitrogen and oxygen atoms in total. The molecule has 3 heterocycles. The lowest BCUT2D eigenvalue weighted by Crippen LogP contribution is -2.45. The third-order valence-electron chi connectivity index (χ3n) is 4.33. The van der Waals surface area contributed by atoms with Gasteiger partial charge in [-0.25, -0.2) is 4.98 Å². The standard InChI is InChI=1S/C14H21N3OS/c1-9(2)14(18)16-11-7-10-3-4-12(11)17(10)8-13-15-5-6-19-13/h5-6,9-12H,3-4,7-8H2,1-2H3,(H,16,18)/t10?,11-,12?/m1/s1. The lowest BCUT2D eigenvalue weighted by molar-refractivity contribution is -0.124. The van der Waals surface area contributed by atoms with Gasteiger partial charge in [-0.15, -0.1) is 11.3 Å². The molecule has 2 bridgehead atoms. The molecule has 3 atom stereocenters. The molecule has 0 saturated carbocycles. The Bertz CT molecular complexity index is 446. The highest BCUT2D eigenvalue weighted by atomic mass is 32.1. The molecule has 2 fully saturated rings. The van der Waals surface area contributed by atoms with Crippen molar-refractivity contribution >= 4 is 17.2 Å². The monoisotopic (exact) mass is 279 g/mol. The van der Waals surface area contributed by atoms with Crippen LogP contribution < -0.4 is 5.32 Å². The normalized spacial score (nSPS) is 30.2. The van der Waals surface area contributed by atoms with E-state index in [1.165, 1.54) is 17.8 Å². The van der Waals surface area contributed by atoms with Crippen LogP contribution in [0.25, 0.3) is 0 Å². The molecule has 1 N–H and O–H groups in total. The number of hydrogen-bond donors (Lipinski definition) is 1. The maximum Gasteiger partial charge on any atom is 0.222 e. The fraction of sp³-hybridized carbons (Fsp3) is 0.714. The Kier molecular flexibility index (Phi) is 3.58. The molecule has 1 aromatic heterocycles. The van der Waals surface area contributed by atoms with Crippen LogP contribution in [0, 0.1) is 5.92 Å². The van der Waals surface area contributed by atoms with Gasteiger partial charge in [-0.1, -0.05) is 13.8 Å². The molecule has 2 aliphatic heterocycles. The Morgan fingerprint density at radius 3 is 3.11 bits per heavy atom. The number of thiazole rings is 1. The van der Waals surface area contributed by atoms with E-state index < -0.39 is 0 Å². The Morgan fingerprint density at radius 2 is 2.42 bits per heavy atom. The molecular weight excluding hydrogens is 258 g/mol. The lowest BCUT2D eigenvalue weighted by Gasteiger charge is -2.25. The third kappa shape index (κ3) is 2.54. The zero-order chi connectivity index (χ0) is 13.4. The van der Waals surface area contributed by atoms with E-state index in [2.05, 4.69) is 15.2 Å². The van der Waals surface area contributed by atoms with Crippen molar-refractivity contribution < 1.29 is 4.79 Å². The van der Waals surface area contributed by atoms with Crippen molar-refractivity contribution in [3.63, 3.8) is 0 Å². The van der Waals surface area contributed by atoms with Crippen molar-refractivity contribution in [2.75, 3.05) is 0 Å². The van der Waals surface area contributed by atoms with Gasteiger partial charge in [-0.2, -0.15) is 0 Å². The van der Waals surface area contributed by atoms with Gasteiger partial charge in [-0.05, 0) is 19.3 Å². The maximum atomic E-state index is 11.9. The van der Waals surface area contributed by atoms with Crippen molar-refractivity contribution in [3.8, 4) is 0 Å². The average molecular weight is 279 g/mol. The number of hydrogen-bond acceptors (Lipinski definition) is 4. The van der Waals surface area contributed by atoms with Crippen molar-refractivity contribution in [1.29, 1.82) is 0 Å². The van der Waals surface area contributed by atoms with Crippen LogP contribution in [0.15, 0.2) is 11.6 Å². The van der Waals surface area contributed by atoms with E-state index in [9.17, 15) is 4.79 Å². The highest BCUT2D eigenvalue weighted by Gasteiger charge is 2.46. The zero-order valence-corrected chi connectivity index (χ0v) is 12.3. The Morgan fingerprint density at radius 1 is 1.58 bits per heavy atom. The molecule has 19 heavy (non-hydrogen) atoms. The molecule has 5 heteroatoms. The Labute approximate surface area is 118 Å². The number of aromatic nitrogens is 1. The van der Waals surface area contributed by atoms with E-state index in [1.54, 1.807) is 11.3 Å². The fourth-order valence-electron chi connectivity index (χ4n) is 3.34. The fourth-order valence-corrected chi connectivity index (χ4v) is 3.96. The summed E-state index contributed by atoms with van der Waals surface area (Å²) in [6, 6.07) is 1.48. The first-order chi connectivity index (χ1) is 9.15. The minimum absolute atomic E-state index is 0.0755. The van der Waals surface area contributed by atoms with Crippen molar-refractivity contribution in [2.24, 2.45) is 5.92 Å². The average Bonchev–Trinajstić information content (AvgIpc) is 3.07. The van der Waals surface area contributed by atoms with Crippen LogP contribution in [0.2, 0.25) is 0 Å². The summed E-state index contributed by atoms with van der Waals surface area (Å²) >= 11 is 1.72. The first-order valence-electron chi connectivity index (χ1n) is 7.09. The quantitative estimate of drug-likeness (QED) is 0.917. The van der Waals surface area contributed by atoms with E-state index in [0.29, 0.717) is 18.1 Å². The predicted octanol–water partition coefficient (Wildman–Crippen LogP) is 2.02. The number of carbonyl (C=O) groups is 1. The van der Waals surface area contributed by atoms with Crippen LogP contribution in [-0.2, 0) is 11.3 Å². The molecule has 2 saturated heterocycles. The number of amides is 1. The smallest absolute Gasteiger partial charge is 0.222 e.